The van der Waals surface area contributed by atoms with Crippen LogP contribution < -0.4 is 0 Å². The minimum Gasteiger partial charge on any atom is -0.302 e. The van der Waals surface area contributed by atoms with E-state index in [1.807, 2.05) is 19.0 Å². The fraction of sp³-hybridized carbons (Fsp3) is 0.500. The first kappa shape index (κ1) is 13.8. The van der Waals surface area contributed by atoms with Gasteiger partial charge in [-0.3, -0.25) is 0 Å². The molecule has 0 spiro atoms. The van der Waals surface area contributed by atoms with E-state index in [1.165, 1.54) is 6.07 Å². The van der Waals surface area contributed by atoms with Gasteiger partial charge in [-0.05, 0) is 56.5 Å². The van der Waals surface area contributed by atoms with E-state index in [4.69, 9.17) is 11.6 Å². The highest BCUT2D eigenvalue weighted by molar-refractivity contribution is 7.80. The lowest BCUT2D eigenvalue weighted by Gasteiger charge is -2.25. The molecule has 0 aliphatic heterocycles. The maximum absolute atomic E-state index is 13.5. The maximum Gasteiger partial charge on any atom is 0.126 e. The molecule has 1 aromatic carbocycles. The SMILES string of the molecule is Cc1cc(Cl)c(C(CCS)N(C)C)cc1F. The van der Waals surface area contributed by atoms with Crippen LogP contribution in [-0.2, 0) is 0 Å². The van der Waals surface area contributed by atoms with E-state index in [0.29, 0.717) is 10.6 Å². The topological polar surface area (TPSA) is 3.24 Å². The molecule has 0 radical (unpaired) electrons. The van der Waals surface area contributed by atoms with Crippen LogP contribution in [0.1, 0.15) is 23.6 Å². The Bertz CT molecular complexity index is 368. The Morgan fingerprint density at radius 3 is 2.56 bits per heavy atom. The summed E-state index contributed by atoms with van der Waals surface area (Å²) in [5.74, 6) is 0.541. The van der Waals surface area contributed by atoms with E-state index in [-0.39, 0.29) is 11.9 Å². The highest BCUT2D eigenvalue weighted by atomic mass is 35.5. The molecular weight excluding hydrogens is 245 g/mol. The Kier molecular flexibility index (Phi) is 5.09. The lowest BCUT2D eigenvalue weighted by molar-refractivity contribution is 0.293. The quantitative estimate of drug-likeness (QED) is 0.809. The van der Waals surface area contributed by atoms with Crippen molar-refractivity contribution in [2.45, 2.75) is 19.4 Å². The molecule has 0 saturated heterocycles. The molecule has 1 nitrogen and oxygen atoms in total. The smallest absolute Gasteiger partial charge is 0.126 e. The number of hydrogen-bond donors (Lipinski definition) is 1. The second kappa shape index (κ2) is 5.89. The van der Waals surface area contributed by atoms with Gasteiger partial charge in [-0.1, -0.05) is 11.6 Å². The molecule has 0 fully saturated rings. The van der Waals surface area contributed by atoms with Crippen molar-refractivity contribution in [1.82, 2.24) is 4.90 Å². The van der Waals surface area contributed by atoms with Crippen LogP contribution in [0.4, 0.5) is 4.39 Å². The van der Waals surface area contributed by atoms with Crippen LogP contribution in [-0.4, -0.2) is 24.7 Å². The highest BCUT2D eigenvalue weighted by Crippen LogP contribution is 2.30. The van der Waals surface area contributed by atoms with Gasteiger partial charge in [-0.25, -0.2) is 4.39 Å². The number of nitrogens with zero attached hydrogens (tertiary/aromatic N) is 1. The van der Waals surface area contributed by atoms with Crippen LogP contribution in [0.15, 0.2) is 12.1 Å². The Balaban J connectivity index is 3.13. The molecule has 1 aromatic rings. The summed E-state index contributed by atoms with van der Waals surface area (Å²) in [6, 6.07) is 3.33. The van der Waals surface area contributed by atoms with Gasteiger partial charge < -0.3 is 4.90 Å². The summed E-state index contributed by atoms with van der Waals surface area (Å²) < 4.78 is 13.5. The summed E-state index contributed by atoms with van der Waals surface area (Å²) in [6.45, 7) is 1.72. The van der Waals surface area contributed by atoms with Crippen molar-refractivity contribution >= 4 is 24.2 Å². The molecule has 1 unspecified atom stereocenters. The number of aryl methyl sites for hydroxylation is 1. The van der Waals surface area contributed by atoms with Gasteiger partial charge in [0.15, 0.2) is 0 Å². The lowest BCUT2D eigenvalue weighted by atomic mass is 10.0. The molecule has 0 amide bonds. The Morgan fingerprint density at radius 2 is 2.06 bits per heavy atom. The van der Waals surface area contributed by atoms with Crippen molar-refractivity contribution in [1.29, 1.82) is 0 Å². The summed E-state index contributed by atoms with van der Waals surface area (Å²) in [4.78, 5) is 2.03. The van der Waals surface area contributed by atoms with Gasteiger partial charge in [0, 0.05) is 11.1 Å². The third-order valence-corrected chi connectivity index (χ3v) is 3.25. The second-order valence-corrected chi connectivity index (χ2v) is 4.97. The van der Waals surface area contributed by atoms with E-state index in [2.05, 4.69) is 12.6 Å². The van der Waals surface area contributed by atoms with Crippen LogP contribution >= 0.6 is 24.2 Å². The Labute approximate surface area is 107 Å². The van der Waals surface area contributed by atoms with Crippen LogP contribution in [0, 0.1) is 12.7 Å². The minimum absolute atomic E-state index is 0.111. The van der Waals surface area contributed by atoms with Crippen molar-refractivity contribution in [3.8, 4) is 0 Å². The molecular formula is C12H17ClFNS. The Hall–Kier alpha value is -0.250. The first-order chi connectivity index (χ1) is 7.47. The van der Waals surface area contributed by atoms with Crippen molar-refractivity contribution in [2.24, 2.45) is 0 Å². The second-order valence-electron chi connectivity index (χ2n) is 4.11. The molecule has 0 aliphatic rings. The average molecular weight is 262 g/mol. The standard InChI is InChI=1S/C12H17ClFNS/c1-8-6-10(13)9(7-11(8)14)12(4-5-16)15(2)3/h6-7,12,16H,4-5H2,1-3H3. The fourth-order valence-corrected chi connectivity index (χ4v) is 2.32. The monoisotopic (exact) mass is 261 g/mol. The lowest BCUT2D eigenvalue weighted by Crippen LogP contribution is -2.21. The van der Waals surface area contributed by atoms with Gasteiger partial charge in [-0.2, -0.15) is 12.6 Å². The Morgan fingerprint density at radius 1 is 1.44 bits per heavy atom. The van der Waals surface area contributed by atoms with Crippen molar-refractivity contribution in [2.75, 3.05) is 19.8 Å². The fourth-order valence-electron chi connectivity index (χ4n) is 1.73. The molecule has 1 rings (SSSR count). The van der Waals surface area contributed by atoms with Crippen LogP contribution in [0.5, 0.6) is 0 Å². The van der Waals surface area contributed by atoms with Gasteiger partial charge in [0.25, 0.3) is 0 Å². The summed E-state index contributed by atoms with van der Waals surface area (Å²) in [7, 11) is 3.92. The van der Waals surface area contributed by atoms with Gasteiger partial charge >= 0.3 is 0 Å². The van der Waals surface area contributed by atoms with Crippen molar-refractivity contribution < 1.29 is 4.39 Å². The molecule has 90 valence electrons. The summed E-state index contributed by atoms with van der Waals surface area (Å²) in [5, 5.41) is 0.624. The van der Waals surface area contributed by atoms with E-state index in [1.54, 1.807) is 13.0 Å². The summed E-state index contributed by atoms with van der Waals surface area (Å²) >= 11 is 10.4. The van der Waals surface area contributed by atoms with Crippen LogP contribution in [0.3, 0.4) is 0 Å². The minimum atomic E-state index is -0.203. The molecule has 0 aliphatic carbocycles. The molecule has 0 saturated carbocycles. The first-order valence-electron chi connectivity index (χ1n) is 5.20. The van der Waals surface area contributed by atoms with Crippen molar-refractivity contribution in [3.63, 3.8) is 0 Å². The zero-order chi connectivity index (χ0) is 12.3. The van der Waals surface area contributed by atoms with E-state index >= 15 is 0 Å². The van der Waals surface area contributed by atoms with E-state index in [0.717, 1.165) is 17.7 Å². The third kappa shape index (κ3) is 3.12. The highest BCUT2D eigenvalue weighted by Gasteiger charge is 2.18. The molecule has 4 heteroatoms. The van der Waals surface area contributed by atoms with Gasteiger partial charge in [-0.15, -0.1) is 0 Å². The normalized spacial score (nSPS) is 13.2. The van der Waals surface area contributed by atoms with Gasteiger partial charge in [0.2, 0.25) is 0 Å². The van der Waals surface area contributed by atoms with Crippen LogP contribution in [0.25, 0.3) is 0 Å². The maximum atomic E-state index is 13.5. The number of halogens is 2. The number of benzene rings is 1. The van der Waals surface area contributed by atoms with Gasteiger partial charge in [0.1, 0.15) is 5.82 Å². The molecule has 16 heavy (non-hydrogen) atoms. The number of rotatable bonds is 4. The zero-order valence-corrected chi connectivity index (χ0v) is 11.4. The molecule has 0 heterocycles. The molecule has 1 atom stereocenters. The molecule has 0 aromatic heterocycles. The first-order valence-corrected chi connectivity index (χ1v) is 6.21. The number of thiol groups is 1. The molecule has 0 bridgehead atoms. The predicted octanol–water partition coefficient (Wildman–Crippen LogP) is 3.71. The summed E-state index contributed by atoms with van der Waals surface area (Å²) in [5.41, 5.74) is 1.42. The number of hydrogen-bond acceptors (Lipinski definition) is 2. The van der Waals surface area contributed by atoms with Gasteiger partial charge in [0.05, 0.1) is 0 Å². The predicted molar refractivity (Wildman–Crippen MR) is 71.0 cm³/mol. The average Bonchev–Trinajstić information content (AvgIpc) is 2.20. The van der Waals surface area contributed by atoms with Crippen LogP contribution in [0.2, 0.25) is 5.02 Å². The van der Waals surface area contributed by atoms with E-state index < -0.39 is 0 Å². The largest absolute Gasteiger partial charge is 0.302 e. The van der Waals surface area contributed by atoms with Crippen molar-refractivity contribution in [3.05, 3.63) is 34.1 Å². The summed E-state index contributed by atoms with van der Waals surface area (Å²) in [6.07, 6.45) is 0.846. The zero-order valence-electron chi connectivity index (χ0n) is 9.80. The molecule has 0 N–H and O–H groups in total. The third-order valence-electron chi connectivity index (χ3n) is 2.66. The van der Waals surface area contributed by atoms with E-state index in [9.17, 15) is 4.39 Å².